The molecule has 1 rings (SSSR count). The summed E-state index contributed by atoms with van der Waals surface area (Å²) in [6.07, 6.45) is 2.88. The van der Waals surface area contributed by atoms with Crippen molar-refractivity contribution in [2.24, 2.45) is 0 Å². The highest BCUT2D eigenvalue weighted by Crippen LogP contribution is 1.92. The normalized spacial score (nSPS) is 11.3. The molecule has 3 N–H and O–H groups in total. The van der Waals surface area contributed by atoms with Crippen molar-refractivity contribution in [3.05, 3.63) is 33.7 Å². The van der Waals surface area contributed by atoms with Crippen LogP contribution in [0.5, 0.6) is 0 Å². The lowest BCUT2D eigenvalue weighted by Gasteiger charge is -2.05. The first-order valence-electron chi connectivity index (χ1n) is 5.72. The molecule has 0 saturated carbocycles. The molecule has 0 aromatic carbocycles. The third-order valence-corrected chi connectivity index (χ3v) is 3.03. The zero-order valence-corrected chi connectivity index (χ0v) is 11.6. The van der Waals surface area contributed by atoms with E-state index < -0.39 is 15.9 Å². The van der Waals surface area contributed by atoms with E-state index in [0.29, 0.717) is 12.1 Å². The van der Waals surface area contributed by atoms with Gasteiger partial charge in [-0.25, -0.2) is 13.1 Å². The molecule has 0 aliphatic carbocycles. The first kappa shape index (κ1) is 15.4. The zero-order valence-electron chi connectivity index (χ0n) is 10.8. The molecule has 19 heavy (non-hydrogen) atoms. The molecule has 0 spiro atoms. The lowest BCUT2D eigenvalue weighted by atomic mass is 10.2. The molecular formula is C11H17N3O4S. The van der Waals surface area contributed by atoms with Crippen molar-refractivity contribution >= 4 is 15.9 Å². The number of rotatable bonds is 6. The molecular weight excluding hydrogens is 270 g/mol. The standard InChI is InChI=1S/C11H17N3O4S/c1-8-6-10(15)9(7-13-8)11(16)12-4-3-5-14-19(2,17)18/h6-7,14H,3-5H2,1-2H3,(H,12,16)(H,13,15). The molecule has 0 atom stereocenters. The molecule has 8 heteroatoms. The van der Waals surface area contributed by atoms with Gasteiger partial charge in [0.15, 0.2) is 5.43 Å². The second kappa shape index (κ2) is 6.48. The summed E-state index contributed by atoms with van der Waals surface area (Å²) >= 11 is 0. The number of amides is 1. The number of aromatic amines is 1. The Morgan fingerprint density at radius 2 is 2.05 bits per heavy atom. The molecule has 0 bridgehead atoms. The minimum Gasteiger partial charge on any atom is -0.364 e. The Kier molecular flexibility index (Phi) is 5.25. The van der Waals surface area contributed by atoms with Crippen LogP contribution >= 0.6 is 0 Å². The number of pyridine rings is 1. The summed E-state index contributed by atoms with van der Waals surface area (Å²) in [4.78, 5) is 26.0. The lowest BCUT2D eigenvalue weighted by molar-refractivity contribution is 0.0952. The third kappa shape index (κ3) is 5.66. The molecule has 0 fully saturated rings. The number of aromatic nitrogens is 1. The van der Waals surface area contributed by atoms with Crippen LogP contribution in [0.3, 0.4) is 0 Å². The first-order chi connectivity index (χ1) is 8.79. The molecule has 1 aromatic rings. The van der Waals surface area contributed by atoms with E-state index in [1.807, 2.05) is 0 Å². The average molecular weight is 287 g/mol. The highest BCUT2D eigenvalue weighted by Gasteiger charge is 2.09. The Morgan fingerprint density at radius 3 is 2.63 bits per heavy atom. The number of hydrogen-bond donors (Lipinski definition) is 3. The molecule has 0 radical (unpaired) electrons. The molecule has 1 amide bonds. The van der Waals surface area contributed by atoms with Gasteiger partial charge in [0, 0.05) is 31.0 Å². The summed E-state index contributed by atoms with van der Waals surface area (Å²) in [5, 5.41) is 2.55. The van der Waals surface area contributed by atoms with E-state index in [-0.39, 0.29) is 24.1 Å². The fourth-order valence-electron chi connectivity index (χ4n) is 1.39. The SMILES string of the molecule is Cc1cc(=O)c(C(=O)NCCCNS(C)(=O)=O)c[nH]1. The largest absolute Gasteiger partial charge is 0.364 e. The van der Waals surface area contributed by atoms with Crippen LogP contribution in [-0.2, 0) is 10.0 Å². The molecule has 106 valence electrons. The summed E-state index contributed by atoms with van der Waals surface area (Å²) in [6.45, 7) is 2.25. The van der Waals surface area contributed by atoms with Crippen molar-refractivity contribution in [1.82, 2.24) is 15.0 Å². The van der Waals surface area contributed by atoms with Crippen LogP contribution in [0.25, 0.3) is 0 Å². The third-order valence-electron chi connectivity index (χ3n) is 2.31. The van der Waals surface area contributed by atoms with Gasteiger partial charge < -0.3 is 10.3 Å². The summed E-state index contributed by atoms with van der Waals surface area (Å²) < 4.78 is 23.9. The van der Waals surface area contributed by atoms with Crippen LogP contribution in [0.4, 0.5) is 0 Å². The van der Waals surface area contributed by atoms with E-state index in [1.54, 1.807) is 6.92 Å². The van der Waals surface area contributed by atoms with Crippen molar-refractivity contribution < 1.29 is 13.2 Å². The molecule has 0 unspecified atom stereocenters. The van der Waals surface area contributed by atoms with Crippen LogP contribution in [0.15, 0.2) is 17.1 Å². The Balaban J connectivity index is 2.42. The number of hydrogen-bond acceptors (Lipinski definition) is 4. The Morgan fingerprint density at radius 1 is 1.37 bits per heavy atom. The Hall–Kier alpha value is -1.67. The topological polar surface area (TPSA) is 108 Å². The number of sulfonamides is 1. The van der Waals surface area contributed by atoms with Crippen LogP contribution in [0.1, 0.15) is 22.5 Å². The van der Waals surface area contributed by atoms with Gasteiger partial charge in [-0.05, 0) is 13.3 Å². The quantitative estimate of drug-likeness (QED) is 0.604. The molecule has 1 aromatic heterocycles. The summed E-state index contributed by atoms with van der Waals surface area (Å²) in [5.41, 5.74) is 0.378. The molecule has 7 nitrogen and oxygen atoms in total. The maximum absolute atomic E-state index is 11.7. The van der Waals surface area contributed by atoms with E-state index in [4.69, 9.17) is 0 Å². The first-order valence-corrected chi connectivity index (χ1v) is 7.61. The van der Waals surface area contributed by atoms with Gasteiger partial charge in [-0.2, -0.15) is 0 Å². The highest BCUT2D eigenvalue weighted by atomic mass is 32.2. The monoisotopic (exact) mass is 287 g/mol. The van der Waals surface area contributed by atoms with Crippen molar-refractivity contribution in [1.29, 1.82) is 0 Å². The van der Waals surface area contributed by atoms with Crippen molar-refractivity contribution in [3.8, 4) is 0 Å². The molecule has 0 aliphatic rings. The Labute approximate surface area is 111 Å². The van der Waals surface area contributed by atoms with Crippen molar-refractivity contribution in [2.45, 2.75) is 13.3 Å². The second-order valence-electron chi connectivity index (χ2n) is 4.17. The number of carbonyl (C=O) groups is 1. The van der Waals surface area contributed by atoms with Crippen LogP contribution in [0, 0.1) is 6.92 Å². The highest BCUT2D eigenvalue weighted by molar-refractivity contribution is 7.88. The predicted molar refractivity (Wildman–Crippen MR) is 71.6 cm³/mol. The van der Waals surface area contributed by atoms with E-state index in [0.717, 1.165) is 6.26 Å². The summed E-state index contributed by atoms with van der Waals surface area (Å²) in [7, 11) is -3.21. The van der Waals surface area contributed by atoms with Gasteiger partial charge in [0.2, 0.25) is 10.0 Å². The minimum atomic E-state index is -3.21. The molecule has 1 heterocycles. The average Bonchev–Trinajstić information content (AvgIpc) is 2.26. The Bertz CT molecular complexity index is 607. The van der Waals surface area contributed by atoms with Gasteiger partial charge in [-0.15, -0.1) is 0 Å². The van der Waals surface area contributed by atoms with Gasteiger partial charge in [-0.1, -0.05) is 0 Å². The predicted octanol–water partition coefficient (Wildman–Crippen LogP) is -0.648. The molecule has 0 saturated heterocycles. The summed E-state index contributed by atoms with van der Waals surface area (Å²) in [6, 6.07) is 1.35. The fourth-order valence-corrected chi connectivity index (χ4v) is 1.91. The lowest BCUT2D eigenvalue weighted by Crippen LogP contribution is -2.32. The maximum atomic E-state index is 11.7. The van der Waals surface area contributed by atoms with Gasteiger partial charge in [0.05, 0.1) is 6.26 Å². The van der Waals surface area contributed by atoms with Crippen molar-refractivity contribution in [2.75, 3.05) is 19.3 Å². The van der Waals surface area contributed by atoms with E-state index in [9.17, 15) is 18.0 Å². The fraction of sp³-hybridized carbons (Fsp3) is 0.455. The zero-order chi connectivity index (χ0) is 14.5. The smallest absolute Gasteiger partial charge is 0.256 e. The van der Waals surface area contributed by atoms with E-state index in [1.165, 1.54) is 12.3 Å². The number of aryl methyl sites for hydroxylation is 1. The number of carbonyl (C=O) groups excluding carboxylic acids is 1. The van der Waals surface area contributed by atoms with E-state index >= 15 is 0 Å². The van der Waals surface area contributed by atoms with Crippen LogP contribution in [0.2, 0.25) is 0 Å². The van der Waals surface area contributed by atoms with Gasteiger partial charge in [0.1, 0.15) is 5.56 Å². The van der Waals surface area contributed by atoms with Crippen LogP contribution < -0.4 is 15.5 Å². The number of nitrogens with one attached hydrogen (secondary N) is 3. The summed E-state index contributed by atoms with van der Waals surface area (Å²) in [5.74, 6) is -0.472. The van der Waals surface area contributed by atoms with Crippen LogP contribution in [-0.4, -0.2) is 38.7 Å². The second-order valence-corrected chi connectivity index (χ2v) is 6.00. The minimum absolute atomic E-state index is 0.0432. The van der Waals surface area contributed by atoms with E-state index in [2.05, 4.69) is 15.0 Å². The van der Waals surface area contributed by atoms with Gasteiger partial charge in [-0.3, -0.25) is 9.59 Å². The van der Waals surface area contributed by atoms with Crippen molar-refractivity contribution in [3.63, 3.8) is 0 Å². The number of H-pyrrole nitrogens is 1. The maximum Gasteiger partial charge on any atom is 0.256 e. The van der Waals surface area contributed by atoms with Gasteiger partial charge >= 0.3 is 0 Å². The molecule has 0 aliphatic heterocycles. The van der Waals surface area contributed by atoms with Gasteiger partial charge in [0.25, 0.3) is 5.91 Å².